The minimum absolute atomic E-state index is 0.00134. The summed E-state index contributed by atoms with van der Waals surface area (Å²) in [6, 6.07) is 6.37. The molecule has 1 atom stereocenters. The van der Waals surface area contributed by atoms with E-state index in [4.69, 9.17) is 5.11 Å². The normalized spacial score (nSPS) is 16.8. The molecule has 20 heavy (non-hydrogen) atoms. The number of hydrogen-bond donors (Lipinski definition) is 2. The van der Waals surface area contributed by atoms with Crippen molar-refractivity contribution in [3.63, 3.8) is 0 Å². The summed E-state index contributed by atoms with van der Waals surface area (Å²) in [6.45, 7) is 3.51. The number of halogens is 1. The molecule has 0 saturated heterocycles. The summed E-state index contributed by atoms with van der Waals surface area (Å²) in [5.74, 6) is -0.0896. The van der Waals surface area contributed by atoms with Crippen LogP contribution in [0.2, 0.25) is 0 Å². The Morgan fingerprint density at radius 1 is 1.45 bits per heavy atom. The second kappa shape index (κ2) is 5.92. The molecule has 0 radical (unpaired) electrons. The van der Waals surface area contributed by atoms with Crippen molar-refractivity contribution in [2.75, 3.05) is 6.61 Å². The van der Waals surface area contributed by atoms with Crippen molar-refractivity contribution in [1.29, 1.82) is 0 Å². The molecule has 1 amide bonds. The molecule has 0 bridgehead atoms. The van der Waals surface area contributed by atoms with E-state index in [-0.39, 0.29) is 24.4 Å². The van der Waals surface area contributed by atoms with E-state index >= 15 is 0 Å². The van der Waals surface area contributed by atoms with Gasteiger partial charge in [-0.25, -0.2) is 4.39 Å². The van der Waals surface area contributed by atoms with E-state index < -0.39 is 5.41 Å². The summed E-state index contributed by atoms with van der Waals surface area (Å²) >= 11 is 0. The Morgan fingerprint density at radius 2 is 2.10 bits per heavy atom. The monoisotopic (exact) mass is 279 g/mol. The lowest BCUT2D eigenvalue weighted by atomic mass is 9.83. The van der Waals surface area contributed by atoms with Gasteiger partial charge in [0.15, 0.2) is 0 Å². The standard InChI is InChI=1S/C16H22FNO2/c1-16(2,12-5-3-4-6-13(12)17)15(20)18-14(9-10-19)11-7-8-11/h3-6,11,14,19H,7-10H2,1-2H3,(H,18,20). The number of aliphatic hydroxyl groups is 1. The van der Waals surface area contributed by atoms with Gasteiger partial charge in [0.2, 0.25) is 5.91 Å². The predicted molar refractivity (Wildman–Crippen MR) is 75.8 cm³/mol. The summed E-state index contributed by atoms with van der Waals surface area (Å²) in [5.41, 5.74) is -0.524. The predicted octanol–water partition coefficient (Wildman–Crippen LogP) is 2.38. The Morgan fingerprint density at radius 3 is 2.65 bits per heavy atom. The summed E-state index contributed by atoms with van der Waals surface area (Å²) in [5, 5.41) is 12.1. The average molecular weight is 279 g/mol. The molecule has 1 aromatic rings. The van der Waals surface area contributed by atoms with Gasteiger partial charge in [0.25, 0.3) is 0 Å². The molecular formula is C16H22FNO2. The Balaban J connectivity index is 2.12. The molecule has 0 aromatic heterocycles. The minimum Gasteiger partial charge on any atom is -0.396 e. The summed E-state index contributed by atoms with van der Waals surface area (Å²) in [6.07, 6.45) is 2.74. The number of carbonyl (C=O) groups excluding carboxylic acids is 1. The number of nitrogens with one attached hydrogen (secondary N) is 1. The Labute approximate surface area is 119 Å². The second-order valence-electron chi connectivity index (χ2n) is 6.03. The van der Waals surface area contributed by atoms with Gasteiger partial charge in [0.05, 0.1) is 5.41 Å². The zero-order valence-electron chi connectivity index (χ0n) is 12.0. The molecule has 2 N–H and O–H groups in total. The fourth-order valence-corrected chi connectivity index (χ4v) is 2.50. The molecule has 3 nitrogen and oxygen atoms in total. The van der Waals surface area contributed by atoms with E-state index in [9.17, 15) is 9.18 Å². The van der Waals surface area contributed by atoms with Crippen molar-refractivity contribution >= 4 is 5.91 Å². The molecule has 1 fully saturated rings. The molecule has 0 spiro atoms. The molecule has 4 heteroatoms. The maximum absolute atomic E-state index is 13.9. The molecular weight excluding hydrogens is 257 g/mol. The van der Waals surface area contributed by atoms with Crippen LogP contribution >= 0.6 is 0 Å². The highest BCUT2D eigenvalue weighted by Crippen LogP contribution is 2.35. The van der Waals surface area contributed by atoms with Crippen LogP contribution in [0.5, 0.6) is 0 Å². The first-order valence-corrected chi connectivity index (χ1v) is 7.13. The van der Waals surface area contributed by atoms with Crippen molar-refractivity contribution in [3.8, 4) is 0 Å². The maximum atomic E-state index is 13.9. The highest BCUT2D eigenvalue weighted by molar-refractivity contribution is 5.87. The van der Waals surface area contributed by atoms with Crippen molar-refractivity contribution in [2.45, 2.75) is 44.6 Å². The van der Waals surface area contributed by atoms with Crippen molar-refractivity contribution in [1.82, 2.24) is 5.32 Å². The topological polar surface area (TPSA) is 49.3 Å². The molecule has 1 aliphatic carbocycles. The lowest BCUT2D eigenvalue weighted by Gasteiger charge is -2.28. The van der Waals surface area contributed by atoms with E-state index in [1.165, 1.54) is 6.07 Å². The van der Waals surface area contributed by atoms with Gasteiger partial charge >= 0.3 is 0 Å². The van der Waals surface area contributed by atoms with Crippen molar-refractivity contribution in [3.05, 3.63) is 35.6 Å². The smallest absolute Gasteiger partial charge is 0.230 e. The number of hydrogen-bond acceptors (Lipinski definition) is 2. The van der Waals surface area contributed by atoms with Crippen molar-refractivity contribution < 1.29 is 14.3 Å². The number of amides is 1. The third-order valence-electron chi connectivity index (χ3n) is 4.06. The molecule has 0 heterocycles. The van der Waals surface area contributed by atoms with Crippen LogP contribution in [-0.2, 0) is 10.2 Å². The van der Waals surface area contributed by atoms with Crippen LogP contribution in [0.15, 0.2) is 24.3 Å². The first-order chi connectivity index (χ1) is 9.46. The number of carbonyl (C=O) groups is 1. The van der Waals surface area contributed by atoms with Crippen LogP contribution in [0.4, 0.5) is 4.39 Å². The van der Waals surface area contributed by atoms with Gasteiger partial charge in [-0.1, -0.05) is 18.2 Å². The zero-order chi connectivity index (χ0) is 14.8. The maximum Gasteiger partial charge on any atom is 0.230 e. The van der Waals surface area contributed by atoms with Crippen LogP contribution in [0.1, 0.15) is 38.7 Å². The highest BCUT2D eigenvalue weighted by atomic mass is 19.1. The molecule has 1 aliphatic rings. The highest BCUT2D eigenvalue weighted by Gasteiger charge is 2.37. The van der Waals surface area contributed by atoms with Crippen LogP contribution < -0.4 is 5.32 Å². The lowest BCUT2D eigenvalue weighted by molar-refractivity contribution is -0.126. The van der Waals surface area contributed by atoms with Crippen LogP contribution in [0.25, 0.3) is 0 Å². The summed E-state index contributed by atoms with van der Waals surface area (Å²) < 4.78 is 13.9. The Bertz CT molecular complexity index is 483. The Kier molecular flexibility index (Phi) is 4.43. The lowest BCUT2D eigenvalue weighted by Crippen LogP contribution is -2.46. The van der Waals surface area contributed by atoms with Crippen molar-refractivity contribution in [2.24, 2.45) is 5.92 Å². The minimum atomic E-state index is -0.923. The van der Waals surface area contributed by atoms with E-state index in [2.05, 4.69) is 5.32 Å². The fourth-order valence-electron chi connectivity index (χ4n) is 2.50. The van der Waals surface area contributed by atoms with Gasteiger partial charge in [0, 0.05) is 18.2 Å². The van der Waals surface area contributed by atoms with Gasteiger partial charge in [-0.05, 0) is 45.1 Å². The molecule has 0 aliphatic heterocycles. The van der Waals surface area contributed by atoms with E-state index in [1.54, 1.807) is 32.0 Å². The molecule has 110 valence electrons. The Hall–Kier alpha value is -1.42. The first kappa shape index (κ1) is 15.0. The zero-order valence-corrected chi connectivity index (χ0v) is 12.0. The average Bonchev–Trinajstić information content (AvgIpc) is 3.22. The molecule has 2 rings (SSSR count). The SMILES string of the molecule is CC(C)(C(=O)NC(CCO)C1CC1)c1ccccc1F. The van der Waals surface area contributed by atoms with Crippen LogP contribution in [0, 0.1) is 11.7 Å². The van der Waals surface area contributed by atoms with Gasteiger partial charge in [-0.15, -0.1) is 0 Å². The van der Waals surface area contributed by atoms with Gasteiger partial charge in [-0.2, -0.15) is 0 Å². The number of benzene rings is 1. The third kappa shape index (κ3) is 3.18. The van der Waals surface area contributed by atoms with Gasteiger partial charge in [-0.3, -0.25) is 4.79 Å². The number of aliphatic hydroxyl groups excluding tert-OH is 1. The van der Waals surface area contributed by atoms with Gasteiger partial charge < -0.3 is 10.4 Å². The quantitative estimate of drug-likeness (QED) is 0.840. The van der Waals surface area contributed by atoms with Crippen LogP contribution in [-0.4, -0.2) is 23.7 Å². The van der Waals surface area contributed by atoms with Crippen LogP contribution in [0.3, 0.4) is 0 Å². The van der Waals surface area contributed by atoms with E-state index in [1.807, 2.05) is 0 Å². The third-order valence-corrected chi connectivity index (χ3v) is 4.06. The van der Waals surface area contributed by atoms with E-state index in [0.29, 0.717) is 17.9 Å². The molecule has 1 unspecified atom stereocenters. The fraction of sp³-hybridized carbons (Fsp3) is 0.562. The van der Waals surface area contributed by atoms with E-state index in [0.717, 1.165) is 12.8 Å². The summed E-state index contributed by atoms with van der Waals surface area (Å²) in [7, 11) is 0. The largest absolute Gasteiger partial charge is 0.396 e. The molecule has 1 saturated carbocycles. The first-order valence-electron chi connectivity index (χ1n) is 7.13. The van der Waals surface area contributed by atoms with Gasteiger partial charge in [0.1, 0.15) is 5.82 Å². The second-order valence-corrected chi connectivity index (χ2v) is 6.03. The number of rotatable bonds is 6. The molecule has 1 aromatic carbocycles. The summed E-state index contributed by atoms with van der Waals surface area (Å²) in [4.78, 5) is 12.5.